The lowest BCUT2D eigenvalue weighted by atomic mass is 9.35. The van der Waals surface area contributed by atoms with Crippen molar-refractivity contribution < 1.29 is 19.1 Å². The summed E-state index contributed by atoms with van der Waals surface area (Å²) in [7, 11) is 0. The lowest BCUT2D eigenvalue weighted by Crippen LogP contribution is -2.70. The summed E-state index contributed by atoms with van der Waals surface area (Å²) in [6.45, 7) is 7.45. The van der Waals surface area contributed by atoms with Gasteiger partial charge in [0.05, 0.1) is 42.2 Å². The number of hydrogen-bond acceptors (Lipinski definition) is 9. The Morgan fingerprint density at radius 2 is 1.63 bits per heavy atom. The summed E-state index contributed by atoms with van der Waals surface area (Å²) in [6, 6.07) is 26.0. The molecule has 5 aromatic rings. The molecule has 2 saturated heterocycles. The second-order valence-corrected chi connectivity index (χ2v) is 17.8. The number of rotatable bonds is 9. The minimum Gasteiger partial charge on any atom is -0.493 e. The van der Waals surface area contributed by atoms with Gasteiger partial charge in [0.15, 0.2) is 5.82 Å². The van der Waals surface area contributed by atoms with Gasteiger partial charge >= 0.3 is 0 Å². The third-order valence-corrected chi connectivity index (χ3v) is 13.4. The molecule has 0 spiro atoms. The summed E-state index contributed by atoms with van der Waals surface area (Å²) in [5.41, 5.74) is 6.49. The van der Waals surface area contributed by atoms with Gasteiger partial charge in [-0.2, -0.15) is 0 Å². The number of nitrogens with zero attached hydrogens (tertiary/aromatic N) is 6. The van der Waals surface area contributed by atoms with E-state index in [-0.39, 0.29) is 34.5 Å². The van der Waals surface area contributed by atoms with Crippen LogP contribution in [0, 0.1) is 34.5 Å². The summed E-state index contributed by atoms with van der Waals surface area (Å²) in [6.07, 6.45) is 8.86. The molecule has 11 heteroatoms. The minimum absolute atomic E-state index is 0.0885. The van der Waals surface area contributed by atoms with Gasteiger partial charge in [-0.15, -0.1) is 0 Å². The molecule has 1 N–H and O–H groups in total. The average Bonchev–Trinajstić information content (AvgIpc) is 3.27. The maximum Gasteiger partial charge on any atom is 0.234 e. The van der Waals surface area contributed by atoms with E-state index in [0.29, 0.717) is 38.4 Å². The molecule has 3 aliphatic heterocycles. The van der Waals surface area contributed by atoms with E-state index in [1.165, 1.54) is 0 Å². The number of para-hydroxylation sites is 1. The van der Waals surface area contributed by atoms with Gasteiger partial charge in [-0.1, -0.05) is 54.0 Å². The van der Waals surface area contributed by atoms with E-state index >= 15 is 0 Å². The molecule has 5 heterocycles. The van der Waals surface area contributed by atoms with Gasteiger partial charge in [0.1, 0.15) is 5.75 Å². The third-order valence-electron chi connectivity index (χ3n) is 13.4. The van der Waals surface area contributed by atoms with Gasteiger partial charge < -0.3 is 9.64 Å². The van der Waals surface area contributed by atoms with Crippen LogP contribution in [0.3, 0.4) is 0 Å². The molecule has 3 aliphatic carbocycles. The van der Waals surface area contributed by atoms with Crippen LogP contribution < -0.4 is 10.1 Å². The van der Waals surface area contributed by atoms with Gasteiger partial charge in [-0.05, 0) is 91.8 Å². The van der Waals surface area contributed by atoms with Gasteiger partial charge in [0.2, 0.25) is 17.7 Å². The highest BCUT2D eigenvalue weighted by Gasteiger charge is 2.72. The number of nitrogens with one attached hydrogen (secondary N) is 1. The predicted octanol–water partition coefficient (Wildman–Crippen LogP) is 5.76. The van der Waals surface area contributed by atoms with E-state index in [4.69, 9.17) is 9.72 Å². The number of piperidine rings is 1. The maximum atomic E-state index is 13.8. The predicted molar refractivity (Wildman–Crippen MR) is 235 cm³/mol. The summed E-state index contributed by atoms with van der Waals surface area (Å²) in [4.78, 5) is 58.7. The van der Waals surface area contributed by atoms with Crippen molar-refractivity contribution in [1.29, 1.82) is 0 Å². The summed E-state index contributed by atoms with van der Waals surface area (Å²) in [5, 5.41) is 3.49. The van der Waals surface area contributed by atoms with E-state index in [1.807, 2.05) is 90.1 Å². The number of hydrogen-bond donors (Lipinski definition) is 1. The average molecular weight is 824 g/mol. The quantitative estimate of drug-likeness (QED) is 0.146. The van der Waals surface area contributed by atoms with Crippen molar-refractivity contribution in [2.24, 2.45) is 10.8 Å². The monoisotopic (exact) mass is 823 g/mol. The van der Waals surface area contributed by atoms with E-state index in [2.05, 4.69) is 54.8 Å². The first-order chi connectivity index (χ1) is 30.3. The fourth-order valence-electron chi connectivity index (χ4n) is 10.0. The summed E-state index contributed by atoms with van der Waals surface area (Å²) >= 11 is 0. The molecular weight excluding hydrogens is 775 g/mol. The number of pyridine rings is 1. The van der Waals surface area contributed by atoms with Crippen molar-refractivity contribution in [3.8, 4) is 40.8 Å². The highest BCUT2D eigenvalue weighted by atomic mass is 16.5. The Balaban J connectivity index is 0.633. The summed E-state index contributed by atoms with van der Waals surface area (Å²) < 4.78 is 6.27. The number of ether oxygens (including phenoxy) is 1. The second kappa shape index (κ2) is 16.8. The van der Waals surface area contributed by atoms with E-state index < -0.39 is 0 Å². The third kappa shape index (κ3) is 8.31. The SMILES string of the molecule is O=C1CCC(c2cccc(C#CCCN3CCN(CC#Cc4ccc(OCC56CC(C(=O)N7CCc8cnc(-c9cnc%10ccccc%10c9)nc8C7)(C5)C6)cc4)CC3)c2)C(=O)N1. The molecule has 3 saturated carbocycles. The van der Waals surface area contributed by atoms with E-state index in [9.17, 15) is 14.4 Å². The molecule has 6 aliphatic rings. The second-order valence-electron chi connectivity index (χ2n) is 17.8. The van der Waals surface area contributed by atoms with E-state index in [1.54, 1.807) is 0 Å². The number of benzene rings is 3. The first kappa shape index (κ1) is 39.7. The van der Waals surface area contributed by atoms with Gasteiger partial charge in [-0.25, -0.2) is 9.97 Å². The van der Waals surface area contributed by atoms with Crippen LogP contribution in [0.15, 0.2) is 91.3 Å². The van der Waals surface area contributed by atoms with Crippen LogP contribution in [0.4, 0.5) is 0 Å². The van der Waals surface area contributed by atoms with Crippen molar-refractivity contribution in [1.82, 2.24) is 35.0 Å². The number of carbonyl (C=O) groups excluding carboxylic acids is 3. The normalized spacial score (nSPS) is 23.1. The molecule has 11 nitrogen and oxygen atoms in total. The number of amides is 3. The smallest absolute Gasteiger partial charge is 0.234 e. The molecule has 62 heavy (non-hydrogen) atoms. The number of carbonyl (C=O) groups is 3. The molecule has 1 atom stereocenters. The maximum absolute atomic E-state index is 13.8. The number of piperazine rings is 1. The largest absolute Gasteiger partial charge is 0.493 e. The molecule has 3 amide bonds. The van der Waals surface area contributed by atoms with Crippen LogP contribution in [0.5, 0.6) is 5.75 Å². The highest BCUT2D eigenvalue weighted by molar-refractivity contribution is 6.01. The van der Waals surface area contributed by atoms with E-state index in [0.717, 1.165) is 122 Å². The molecule has 312 valence electrons. The van der Waals surface area contributed by atoms with Crippen LogP contribution >= 0.6 is 0 Å². The topological polar surface area (TPSA) is 121 Å². The van der Waals surface area contributed by atoms with Crippen LogP contribution in [-0.4, -0.2) is 99.8 Å². The van der Waals surface area contributed by atoms with Gasteiger partial charge in [0.25, 0.3) is 0 Å². The van der Waals surface area contributed by atoms with Gasteiger partial charge in [0, 0.05) is 92.0 Å². The molecule has 0 radical (unpaired) electrons. The van der Waals surface area contributed by atoms with Crippen molar-refractivity contribution >= 4 is 28.6 Å². The number of fused-ring (bicyclic) bond motifs is 2. The lowest BCUT2D eigenvalue weighted by molar-refractivity contribution is -0.226. The highest BCUT2D eigenvalue weighted by Crippen LogP contribution is 2.74. The Hall–Kier alpha value is -6.40. The number of imide groups is 1. The molecule has 2 aromatic heterocycles. The molecule has 2 bridgehead atoms. The molecule has 5 fully saturated rings. The lowest BCUT2D eigenvalue weighted by Gasteiger charge is -2.69. The molecular formula is C51H49N7O4. The number of aromatic nitrogens is 3. The molecule has 1 unspecified atom stereocenters. The van der Waals surface area contributed by atoms with Crippen LogP contribution in [0.25, 0.3) is 22.3 Å². The fourth-order valence-corrected chi connectivity index (χ4v) is 10.0. The zero-order valence-electron chi connectivity index (χ0n) is 34.9. The van der Waals surface area contributed by atoms with Crippen LogP contribution in [0.2, 0.25) is 0 Å². The Bertz CT molecular complexity index is 2660. The Labute approximate surface area is 362 Å². The first-order valence-electron chi connectivity index (χ1n) is 21.9. The van der Waals surface area contributed by atoms with Crippen molar-refractivity contribution in [2.45, 2.75) is 57.4 Å². The Kier molecular flexibility index (Phi) is 10.8. The van der Waals surface area contributed by atoms with Crippen molar-refractivity contribution in [3.63, 3.8) is 0 Å². The van der Waals surface area contributed by atoms with Crippen LogP contribution in [-0.2, 0) is 27.3 Å². The van der Waals surface area contributed by atoms with Crippen LogP contribution in [0.1, 0.15) is 72.4 Å². The van der Waals surface area contributed by atoms with Crippen molar-refractivity contribution in [2.75, 3.05) is 52.4 Å². The zero-order chi connectivity index (χ0) is 42.1. The Morgan fingerprint density at radius 3 is 2.47 bits per heavy atom. The zero-order valence-corrected chi connectivity index (χ0v) is 34.9. The van der Waals surface area contributed by atoms with Gasteiger partial charge in [-0.3, -0.25) is 34.5 Å². The summed E-state index contributed by atoms with van der Waals surface area (Å²) in [5.74, 6) is 14.3. The standard InChI is InChI=1S/C51H49N7O4/c59-46-18-17-43(48(60)55-46)38-11-5-8-37(27-38)7-3-4-20-56-23-25-57(26-24-56)21-6-9-36-13-15-42(16-14-36)62-35-50-32-51(33-50,34-50)49(61)58-22-19-40-29-53-47(54-45(40)31-58)41-28-39-10-1-2-12-44(39)52-30-41/h1-2,5,8,10-16,27-30,43H,4,17-26,31-35H2,(H,55,59,60). The minimum atomic E-state index is -0.293. The van der Waals surface area contributed by atoms with Crippen molar-refractivity contribution in [3.05, 3.63) is 119 Å². The first-order valence-corrected chi connectivity index (χ1v) is 21.9. The fraction of sp³-hybridized carbons (Fsp3) is 0.373. The molecule has 3 aromatic carbocycles. The molecule has 11 rings (SSSR count). The Morgan fingerprint density at radius 1 is 0.823 bits per heavy atom.